The van der Waals surface area contributed by atoms with Crippen molar-refractivity contribution in [3.05, 3.63) is 39.4 Å². The Kier molecular flexibility index (Phi) is 4.57. The van der Waals surface area contributed by atoms with Gasteiger partial charge in [0.05, 0.1) is 16.1 Å². The van der Waals surface area contributed by atoms with Gasteiger partial charge in [-0.2, -0.15) is 0 Å². The van der Waals surface area contributed by atoms with Gasteiger partial charge in [0, 0.05) is 18.7 Å². The predicted molar refractivity (Wildman–Crippen MR) is 67.2 cm³/mol. The Balaban J connectivity index is 3.09. The van der Waals surface area contributed by atoms with Crippen LogP contribution in [0.2, 0.25) is 0 Å². The molecule has 0 saturated carbocycles. The van der Waals surface area contributed by atoms with E-state index in [1.807, 2.05) is 13.8 Å². The summed E-state index contributed by atoms with van der Waals surface area (Å²) in [6.45, 7) is 4.19. The number of benzene rings is 1. The Morgan fingerprint density at radius 1 is 1.37 bits per heavy atom. The molecule has 1 aromatic rings. The summed E-state index contributed by atoms with van der Waals surface area (Å²) in [6, 6.07) is 3.14. The van der Waals surface area contributed by atoms with Crippen LogP contribution in [0.25, 0.3) is 0 Å². The van der Waals surface area contributed by atoms with Crippen LogP contribution >= 0.6 is 0 Å². The molecule has 19 heavy (non-hydrogen) atoms. The third-order valence-electron chi connectivity index (χ3n) is 2.36. The molecular formula is C12H14N2O5. The standard InChI is InChI=1S/C12H14N2O5/c1-7(2)6-13-11(15)9-4-3-8(14(18)19)5-10(9)12(16)17/h3-5,7H,6H2,1-2H3,(H,13,15)(H,16,17). The minimum Gasteiger partial charge on any atom is -0.478 e. The molecule has 0 aliphatic carbocycles. The number of nitro groups is 1. The second-order valence-corrected chi connectivity index (χ2v) is 4.40. The van der Waals surface area contributed by atoms with Gasteiger partial charge < -0.3 is 10.4 Å². The Bertz CT molecular complexity index is 525. The fourth-order valence-corrected chi connectivity index (χ4v) is 1.41. The van der Waals surface area contributed by atoms with Gasteiger partial charge in [0.15, 0.2) is 0 Å². The number of carbonyl (C=O) groups excluding carboxylic acids is 1. The van der Waals surface area contributed by atoms with E-state index in [0.717, 1.165) is 18.2 Å². The number of hydrogen-bond acceptors (Lipinski definition) is 4. The fourth-order valence-electron chi connectivity index (χ4n) is 1.41. The normalized spacial score (nSPS) is 10.3. The summed E-state index contributed by atoms with van der Waals surface area (Å²) < 4.78 is 0. The molecule has 0 bridgehead atoms. The second kappa shape index (κ2) is 5.94. The van der Waals surface area contributed by atoms with E-state index in [4.69, 9.17) is 5.11 Å². The van der Waals surface area contributed by atoms with Gasteiger partial charge in [-0.15, -0.1) is 0 Å². The number of carboxylic acids is 1. The molecule has 1 rings (SSSR count). The highest BCUT2D eigenvalue weighted by Gasteiger charge is 2.20. The summed E-state index contributed by atoms with van der Waals surface area (Å²) in [7, 11) is 0. The summed E-state index contributed by atoms with van der Waals surface area (Å²) in [5, 5.41) is 22.1. The minimum absolute atomic E-state index is 0.0845. The van der Waals surface area contributed by atoms with Gasteiger partial charge in [-0.25, -0.2) is 4.79 Å². The van der Waals surface area contributed by atoms with E-state index < -0.39 is 16.8 Å². The lowest BCUT2D eigenvalue weighted by Crippen LogP contribution is -2.28. The van der Waals surface area contributed by atoms with Crippen molar-refractivity contribution in [1.82, 2.24) is 5.32 Å². The highest BCUT2D eigenvalue weighted by molar-refractivity contribution is 6.05. The second-order valence-electron chi connectivity index (χ2n) is 4.40. The fraction of sp³-hybridized carbons (Fsp3) is 0.333. The highest BCUT2D eigenvalue weighted by Crippen LogP contribution is 2.18. The Morgan fingerprint density at radius 3 is 2.47 bits per heavy atom. The SMILES string of the molecule is CC(C)CNC(=O)c1ccc([N+](=O)[O-])cc1C(=O)O. The molecule has 0 heterocycles. The third kappa shape index (κ3) is 3.77. The monoisotopic (exact) mass is 266 g/mol. The van der Waals surface area contributed by atoms with Crippen molar-refractivity contribution < 1.29 is 19.6 Å². The summed E-state index contributed by atoms with van der Waals surface area (Å²) >= 11 is 0. The topological polar surface area (TPSA) is 110 Å². The van der Waals surface area contributed by atoms with Crippen molar-refractivity contribution in [2.45, 2.75) is 13.8 Å². The summed E-state index contributed by atoms with van der Waals surface area (Å²) in [5.74, 6) is -1.71. The highest BCUT2D eigenvalue weighted by atomic mass is 16.6. The maximum atomic E-state index is 11.8. The molecule has 0 spiro atoms. The van der Waals surface area contributed by atoms with E-state index in [9.17, 15) is 19.7 Å². The molecule has 2 N–H and O–H groups in total. The molecule has 1 aromatic carbocycles. The summed E-state index contributed by atoms with van der Waals surface area (Å²) in [6.07, 6.45) is 0. The average molecular weight is 266 g/mol. The van der Waals surface area contributed by atoms with Crippen molar-refractivity contribution in [3.63, 3.8) is 0 Å². The number of rotatable bonds is 5. The van der Waals surface area contributed by atoms with E-state index in [0.29, 0.717) is 6.54 Å². The molecule has 7 heteroatoms. The molecule has 7 nitrogen and oxygen atoms in total. The maximum absolute atomic E-state index is 11.8. The van der Waals surface area contributed by atoms with Crippen LogP contribution in [-0.4, -0.2) is 28.5 Å². The van der Waals surface area contributed by atoms with Crippen molar-refractivity contribution in [3.8, 4) is 0 Å². The lowest BCUT2D eigenvalue weighted by atomic mass is 10.1. The molecule has 0 saturated heterocycles. The molecule has 0 atom stereocenters. The smallest absolute Gasteiger partial charge is 0.336 e. The van der Waals surface area contributed by atoms with Gasteiger partial charge >= 0.3 is 5.97 Å². The van der Waals surface area contributed by atoms with Gasteiger partial charge in [0.25, 0.3) is 11.6 Å². The number of hydrogen-bond donors (Lipinski definition) is 2. The van der Waals surface area contributed by atoms with Crippen LogP contribution in [0.4, 0.5) is 5.69 Å². The van der Waals surface area contributed by atoms with E-state index in [1.54, 1.807) is 0 Å². The van der Waals surface area contributed by atoms with Crippen LogP contribution in [0.1, 0.15) is 34.6 Å². The maximum Gasteiger partial charge on any atom is 0.336 e. The third-order valence-corrected chi connectivity index (χ3v) is 2.36. The van der Waals surface area contributed by atoms with Crippen LogP contribution in [-0.2, 0) is 0 Å². The van der Waals surface area contributed by atoms with Crippen molar-refractivity contribution in [2.75, 3.05) is 6.54 Å². The Morgan fingerprint density at radius 2 is 2.00 bits per heavy atom. The van der Waals surface area contributed by atoms with Gasteiger partial charge in [0.2, 0.25) is 0 Å². The molecule has 0 fully saturated rings. The van der Waals surface area contributed by atoms with Crippen molar-refractivity contribution in [2.24, 2.45) is 5.92 Å². The van der Waals surface area contributed by atoms with E-state index in [1.165, 1.54) is 0 Å². The predicted octanol–water partition coefficient (Wildman–Crippen LogP) is 1.68. The summed E-state index contributed by atoms with van der Waals surface area (Å²) in [5.41, 5.74) is -0.827. The number of nitrogens with zero attached hydrogens (tertiary/aromatic N) is 1. The Labute approximate surface area is 109 Å². The van der Waals surface area contributed by atoms with Crippen molar-refractivity contribution >= 4 is 17.6 Å². The number of nitro benzene ring substituents is 1. The molecule has 0 aromatic heterocycles. The molecule has 102 valence electrons. The van der Waals surface area contributed by atoms with Gasteiger partial charge in [-0.05, 0) is 12.0 Å². The molecule has 0 aliphatic rings. The van der Waals surface area contributed by atoms with Crippen molar-refractivity contribution in [1.29, 1.82) is 0 Å². The quantitative estimate of drug-likeness (QED) is 0.622. The molecule has 1 amide bonds. The number of carboxylic acid groups (broad SMARTS) is 1. The number of amides is 1. The van der Waals surface area contributed by atoms with Crippen LogP contribution in [0.5, 0.6) is 0 Å². The number of aromatic carboxylic acids is 1. The zero-order valence-corrected chi connectivity index (χ0v) is 10.5. The van der Waals surface area contributed by atoms with Crippen LogP contribution in [0.15, 0.2) is 18.2 Å². The van der Waals surface area contributed by atoms with E-state index in [-0.39, 0.29) is 22.7 Å². The van der Waals surface area contributed by atoms with E-state index in [2.05, 4.69) is 5.32 Å². The zero-order chi connectivity index (χ0) is 14.6. The number of nitrogens with one attached hydrogen (secondary N) is 1. The molecule has 0 unspecified atom stereocenters. The van der Waals surface area contributed by atoms with Gasteiger partial charge in [0.1, 0.15) is 0 Å². The van der Waals surface area contributed by atoms with Crippen LogP contribution in [0.3, 0.4) is 0 Å². The number of carbonyl (C=O) groups is 2. The Hall–Kier alpha value is -2.44. The summed E-state index contributed by atoms with van der Waals surface area (Å²) in [4.78, 5) is 32.7. The van der Waals surface area contributed by atoms with Gasteiger partial charge in [-0.1, -0.05) is 13.8 Å². The first-order valence-electron chi connectivity index (χ1n) is 5.63. The molecule has 0 radical (unpaired) electrons. The first-order valence-corrected chi connectivity index (χ1v) is 5.63. The lowest BCUT2D eigenvalue weighted by molar-refractivity contribution is -0.384. The van der Waals surface area contributed by atoms with Crippen LogP contribution < -0.4 is 5.32 Å². The van der Waals surface area contributed by atoms with Gasteiger partial charge in [-0.3, -0.25) is 14.9 Å². The lowest BCUT2D eigenvalue weighted by Gasteiger charge is -2.09. The van der Waals surface area contributed by atoms with E-state index >= 15 is 0 Å². The molecule has 0 aliphatic heterocycles. The largest absolute Gasteiger partial charge is 0.478 e. The minimum atomic E-state index is -1.38. The molecular weight excluding hydrogens is 252 g/mol. The number of non-ortho nitro benzene ring substituents is 1. The zero-order valence-electron chi connectivity index (χ0n) is 10.5. The first kappa shape index (κ1) is 14.6. The van der Waals surface area contributed by atoms with Crippen LogP contribution in [0, 0.1) is 16.0 Å². The first-order chi connectivity index (χ1) is 8.82. The average Bonchev–Trinajstić information content (AvgIpc) is 2.34.